The van der Waals surface area contributed by atoms with E-state index < -0.39 is 0 Å². The van der Waals surface area contributed by atoms with Crippen molar-refractivity contribution < 1.29 is 0 Å². The predicted octanol–water partition coefficient (Wildman–Crippen LogP) is 1.99. The minimum atomic E-state index is 0.878. The Labute approximate surface area is 39.9 Å². The highest BCUT2D eigenvalue weighted by atomic mass is 13.8. The van der Waals surface area contributed by atoms with Gasteiger partial charge in [0.1, 0.15) is 0 Å². The molecule has 0 rings (SSSR count). The van der Waals surface area contributed by atoms with Gasteiger partial charge in [0.05, 0.1) is 0 Å². The average molecular weight is 82.1 g/mol. The van der Waals surface area contributed by atoms with E-state index in [4.69, 9.17) is 0 Å². The molecule has 0 aromatic heterocycles. The smallest absolute Gasteiger partial charge is 0.0313 e. The van der Waals surface area contributed by atoms with Crippen molar-refractivity contribution >= 4 is 0 Å². The van der Waals surface area contributed by atoms with Gasteiger partial charge in [0.2, 0.25) is 0 Å². The lowest BCUT2D eigenvalue weighted by Crippen LogP contribution is -1.64. The van der Waals surface area contributed by atoms with Crippen LogP contribution in [-0.4, -0.2) is 0 Å². The summed E-state index contributed by atoms with van der Waals surface area (Å²) in [5, 5.41) is 0. The third-order valence-corrected chi connectivity index (χ3v) is 0.743. The van der Waals surface area contributed by atoms with E-state index in [1.54, 1.807) is 0 Å². The Hall–Kier alpha value is -0.260. The van der Waals surface area contributed by atoms with Crippen molar-refractivity contribution in [2.75, 3.05) is 0 Å². The van der Waals surface area contributed by atoms with Gasteiger partial charge in [-0.25, -0.2) is 0 Å². The lowest BCUT2D eigenvalue weighted by molar-refractivity contribution is 1.21. The fourth-order valence-corrected chi connectivity index (χ4v) is 0.102. The Morgan fingerprint density at radius 1 is 1.83 bits per heavy atom. The number of hydrogen-bond acceptors (Lipinski definition) is 0. The molecule has 0 nitrogen and oxygen atoms in total. The molecule has 34 valence electrons. The molecule has 0 spiro atoms. The van der Waals surface area contributed by atoms with Crippen molar-refractivity contribution in [3.05, 3.63) is 25.5 Å². The summed E-state index contributed by atoms with van der Waals surface area (Å²) in [5.41, 5.74) is 1.25. The second kappa shape index (κ2) is 2.95. The summed E-state index contributed by atoms with van der Waals surface area (Å²) in [6, 6.07) is 0. The Kier molecular flexibility index (Phi) is 2.82. The van der Waals surface area contributed by atoms with Crippen LogP contribution in [0, 0.1) is 13.8 Å². The summed E-state index contributed by atoms with van der Waals surface area (Å²) >= 11 is 0. The second-order valence-corrected chi connectivity index (χ2v) is 1.30. The molecule has 0 saturated heterocycles. The zero-order chi connectivity index (χ0) is 4.99. The van der Waals surface area contributed by atoms with Gasteiger partial charge in [-0.3, -0.25) is 0 Å². The van der Waals surface area contributed by atoms with Crippen molar-refractivity contribution in [1.29, 1.82) is 0 Å². The Balaban J connectivity index is 3.22. The lowest BCUT2D eigenvalue weighted by atomic mass is 10.2. The molecule has 0 heteroatoms. The van der Waals surface area contributed by atoms with Crippen molar-refractivity contribution in [1.82, 2.24) is 0 Å². The maximum atomic E-state index is 3.65. The molecule has 2 radical (unpaired) electrons. The van der Waals surface area contributed by atoms with Gasteiger partial charge >= 0.3 is 0 Å². The Morgan fingerprint density at radius 2 is 2.33 bits per heavy atom. The molecule has 0 fully saturated rings. The SMILES string of the molecule is [CH2]C=C(C)C[CH2]. The maximum absolute atomic E-state index is 3.65. The first-order chi connectivity index (χ1) is 2.81. The molecule has 0 aliphatic heterocycles. The molecule has 0 aliphatic rings. The molecule has 0 aliphatic carbocycles. The van der Waals surface area contributed by atoms with E-state index in [0.29, 0.717) is 0 Å². The molecule has 6 heavy (non-hydrogen) atoms. The van der Waals surface area contributed by atoms with Gasteiger partial charge in [0.15, 0.2) is 0 Å². The maximum Gasteiger partial charge on any atom is -0.0313 e. The van der Waals surface area contributed by atoms with Gasteiger partial charge < -0.3 is 0 Å². The molecule has 0 aromatic rings. The summed E-state index contributed by atoms with van der Waals surface area (Å²) in [6.45, 7) is 9.22. The van der Waals surface area contributed by atoms with Crippen LogP contribution in [0.1, 0.15) is 13.3 Å². The van der Waals surface area contributed by atoms with E-state index in [1.807, 2.05) is 13.0 Å². The van der Waals surface area contributed by atoms with Crippen LogP contribution in [-0.2, 0) is 0 Å². The fourth-order valence-electron chi connectivity index (χ4n) is 0.102. The van der Waals surface area contributed by atoms with Gasteiger partial charge in [0.25, 0.3) is 0 Å². The fraction of sp³-hybridized carbons (Fsp3) is 0.333. The van der Waals surface area contributed by atoms with E-state index >= 15 is 0 Å². The van der Waals surface area contributed by atoms with Crippen LogP contribution in [0.15, 0.2) is 11.6 Å². The zero-order valence-electron chi connectivity index (χ0n) is 4.20. The monoisotopic (exact) mass is 82.1 g/mol. The minimum absolute atomic E-state index is 0.878. The molecule has 0 unspecified atom stereocenters. The highest BCUT2D eigenvalue weighted by molar-refractivity contribution is 4.99. The van der Waals surface area contributed by atoms with Gasteiger partial charge in [-0.2, -0.15) is 0 Å². The molecule has 0 atom stereocenters. The predicted molar refractivity (Wildman–Crippen MR) is 29.1 cm³/mol. The summed E-state index contributed by atoms with van der Waals surface area (Å²) in [6.07, 6.45) is 2.70. The van der Waals surface area contributed by atoms with E-state index in [0.717, 1.165) is 6.42 Å². The van der Waals surface area contributed by atoms with Gasteiger partial charge in [0, 0.05) is 0 Å². The molecule has 0 aromatic carbocycles. The van der Waals surface area contributed by atoms with Crippen molar-refractivity contribution in [2.45, 2.75) is 13.3 Å². The molecule has 0 heterocycles. The first-order valence-corrected chi connectivity index (χ1v) is 2.05. The summed E-state index contributed by atoms with van der Waals surface area (Å²) in [7, 11) is 0. The van der Waals surface area contributed by atoms with Crippen molar-refractivity contribution in [3.63, 3.8) is 0 Å². The van der Waals surface area contributed by atoms with Crippen LogP contribution in [0.25, 0.3) is 0 Å². The average Bonchev–Trinajstić information content (AvgIpc) is 1.65. The minimum Gasteiger partial charge on any atom is -0.0853 e. The number of allylic oxidation sites excluding steroid dienone is 2. The standard InChI is InChI=1S/C6H10/c1-4-6(3)5-2/h4H,1-2,5H2,3H3. The normalized spacial score (nSPS) is 12.2. The number of rotatable bonds is 1. The largest absolute Gasteiger partial charge is 0.0853 e. The van der Waals surface area contributed by atoms with E-state index in [-0.39, 0.29) is 0 Å². The Morgan fingerprint density at radius 3 is 2.33 bits per heavy atom. The molecule has 0 bridgehead atoms. The lowest BCUT2D eigenvalue weighted by Gasteiger charge is -1.84. The van der Waals surface area contributed by atoms with Crippen molar-refractivity contribution in [3.8, 4) is 0 Å². The van der Waals surface area contributed by atoms with Gasteiger partial charge in [-0.1, -0.05) is 11.6 Å². The third-order valence-electron chi connectivity index (χ3n) is 0.743. The van der Waals surface area contributed by atoms with E-state index in [9.17, 15) is 0 Å². The van der Waals surface area contributed by atoms with Crippen LogP contribution in [0.5, 0.6) is 0 Å². The molecule has 0 saturated carbocycles. The summed E-state index contributed by atoms with van der Waals surface area (Å²) in [4.78, 5) is 0. The van der Waals surface area contributed by atoms with Gasteiger partial charge in [-0.15, -0.1) is 0 Å². The molecule has 0 N–H and O–H groups in total. The summed E-state index contributed by atoms with van der Waals surface area (Å²) < 4.78 is 0. The van der Waals surface area contributed by atoms with E-state index in [2.05, 4.69) is 13.8 Å². The topological polar surface area (TPSA) is 0 Å². The summed E-state index contributed by atoms with van der Waals surface area (Å²) in [5.74, 6) is 0. The second-order valence-electron chi connectivity index (χ2n) is 1.30. The van der Waals surface area contributed by atoms with Crippen LogP contribution in [0.3, 0.4) is 0 Å². The van der Waals surface area contributed by atoms with Crippen LogP contribution < -0.4 is 0 Å². The highest BCUT2D eigenvalue weighted by Gasteiger charge is 1.73. The first kappa shape index (κ1) is 5.74. The molecular formula is C6H10. The quantitative estimate of drug-likeness (QED) is 0.454. The zero-order valence-corrected chi connectivity index (χ0v) is 4.20. The number of hydrogen-bond donors (Lipinski definition) is 0. The Bertz CT molecular complexity index is 51.1. The van der Waals surface area contributed by atoms with Crippen molar-refractivity contribution in [2.24, 2.45) is 0 Å². The molecule has 0 amide bonds. The van der Waals surface area contributed by atoms with Crippen LogP contribution >= 0.6 is 0 Å². The van der Waals surface area contributed by atoms with Crippen LogP contribution in [0.4, 0.5) is 0 Å². The van der Waals surface area contributed by atoms with Gasteiger partial charge in [-0.05, 0) is 27.2 Å². The van der Waals surface area contributed by atoms with Crippen LogP contribution in [0.2, 0.25) is 0 Å². The first-order valence-electron chi connectivity index (χ1n) is 2.05. The highest BCUT2D eigenvalue weighted by Crippen LogP contribution is 1.93. The van der Waals surface area contributed by atoms with E-state index in [1.165, 1.54) is 5.57 Å². The third kappa shape index (κ3) is 2.01. The molecular weight excluding hydrogens is 72.1 g/mol.